The van der Waals surface area contributed by atoms with Crippen molar-refractivity contribution in [1.29, 1.82) is 0 Å². The summed E-state index contributed by atoms with van der Waals surface area (Å²) in [5.74, 6) is 0. The molecule has 0 aliphatic heterocycles. The van der Waals surface area contributed by atoms with Gasteiger partial charge in [0.25, 0.3) is 0 Å². The maximum absolute atomic E-state index is 12.5. The van der Waals surface area contributed by atoms with Gasteiger partial charge in [0, 0.05) is 19.1 Å². The molecule has 0 spiro atoms. The standard InChI is InChI=1S/C18H21F3N2O/c19-18(20,21)15-8-6-14(7-9-15)11-23-12-17(24)16(22)10-13-4-2-1-3-5-13/h1-9,16-17,23-24H,10-12,22H2/t16-,17+/m0/s1. The molecular formula is C18H21F3N2O. The summed E-state index contributed by atoms with van der Waals surface area (Å²) in [6.45, 7) is 0.641. The molecule has 0 fully saturated rings. The van der Waals surface area contributed by atoms with E-state index in [-0.39, 0.29) is 6.54 Å². The van der Waals surface area contributed by atoms with Gasteiger partial charge < -0.3 is 16.2 Å². The Bertz CT molecular complexity index is 614. The van der Waals surface area contributed by atoms with E-state index in [9.17, 15) is 18.3 Å². The lowest BCUT2D eigenvalue weighted by Crippen LogP contribution is -2.42. The monoisotopic (exact) mass is 338 g/mol. The van der Waals surface area contributed by atoms with Crippen LogP contribution >= 0.6 is 0 Å². The van der Waals surface area contributed by atoms with Gasteiger partial charge in [0.1, 0.15) is 0 Å². The molecule has 0 amide bonds. The van der Waals surface area contributed by atoms with Gasteiger partial charge in [-0.15, -0.1) is 0 Å². The lowest BCUT2D eigenvalue weighted by Gasteiger charge is -2.19. The Labute approximate surface area is 139 Å². The molecular weight excluding hydrogens is 317 g/mol. The van der Waals surface area contributed by atoms with E-state index in [4.69, 9.17) is 5.73 Å². The third-order valence-corrected chi connectivity index (χ3v) is 3.77. The Morgan fingerprint density at radius 3 is 2.17 bits per heavy atom. The molecule has 0 radical (unpaired) electrons. The zero-order chi connectivity index (χ0) is 17.6. The van der Waals surface area contributed by atoms with Gasteiger partial charge in [0.2, 0.25) is 0 Å². The van der Waals surface area contributed by atoms with Crippen molar-refractivity contribution in [3.63, 3.8) is 0 Å². The summed E-state index contributed by atoms with van der Waals surface area (Å²) < 4.78 is 37.4. The number of benzene rings is 2. The lowest BCUT2D eigenvalue weighted by atomic mass is 10.0. The first-order valence-corrected chi connectivity index (χ1v) is 7.70. The SMILES string of the molecule is N[C@@H](Cc1ccccc1)[C@H](O)CNCc1ccc(C(F)(F)F)cc1. The Hall–Kier alpha value is -1.89. The summed E-state index contributed by atoms with van der Waals surface area (Å²) in [5.41, 5.74) is 7.07. The van der Waals surface area contributed by atoms with Crippen LogP contribution in [0.5, 0.6) is 0 Å². The van der Waals surface area contributed by atoms with Gasteiger partial charge >= 0.3 is 6.18 Å². The number of alkyl halides is 3. The van der Waals surface area contributed by atoms with Crippen LogP contribution < -0.4 is 11.1 Å². The van der Waals surface area contributed by atoms with Gasteiger partial charge in [-0.25, -0.2) is 0 Å². The molecule has 6 heteroatoms. The molecule has 0 heterocycles. The van der Waals surface area contributed by atoms with Crippen LogP contribution in [0.15, 0.2) is 54.6 Å². The average molecular weight is 338 g/mol. The molecule has 0 aliphatic carbocycles. The van der Waals surface area contributed by atoms with E-state index in [1.54, 1.807) is 0 Å². The van der Waals surface area contributed by atoms with Gasteiger partial charge in [0.15, 0.2) is 0 Å². The van der Waals surface area contributed by atoms with Crippen LogP contribution in [0.1, 0.15) is 16.7 Å². The van der Waals surface area contributed by atoms with E-state index in [1.807, 2.05) is 30.3 Å². The van der Waals surface area contributed by atoms with Crippen molar-refractivity contribution < 1.29 is 18.3 Å². The van der Waals surface area contributed by atoms with E-state index in [0.29, 0.717) is 18.5 Å². The minimum atomic E-state index is -4.33. The molecule has 4 N–H and O–H groups in total. The van der Waals surface area contributed by atoms with Crippen LogP contribution in [0.3, 0.4) is 0 Å². The van der Waals surface area contributed by atoms with Gasteiger partial charge in [-0.2, -0.15) is 13.2 Å². The molecule has 3 nitrogen and oxygen atoms in total. The first-order valence-electron chi connectivity index (χ1n) is 7.70. The number of halogens is 3. The van der Waals surface area contributed by atoms with Crippen LogP contribution in [-0.2, 0) is 19.1 Å². The van der Waals surface area contributed by atoms with Crippen LogP contribution in [0.25, 0.3) is 0 Å². The van der Waals surface area contributed by atoms with Crippen molar-refractivity contribution in [2.24, 2.45) is 5.73 Å². The highest BCUT2D eigenvalue weighted by Gasteiger charge is 2.29. The summed E-state index contributed by atoms with van der Waals surface area (Å²) in [6, 6.07) is 14.2. The maximum Gasteiger partial charge on any atom is 0.416 e. The number of hydrogen-bond acceptors (Lipinski definition) is 3. The molecule has 2 aromatic carbocycles. The lowest BCUT2D eigenvalue weighted by molar-refractivity contribution is -0.137. The van der Waals surface area contributed by atoms with Crippen molar-refractivity contribution in [3.05, 3.63) is 71.3 Å². The summed E-state index contributed by atoms with van der Waals surface area (Å²) in [6.07, 6.45) is -4.50. The van der Waals surface area contributed by atoms with Crippen LogP contribution in [0.4, 0.5) is 13.2 Å². The zero-order valence-corrected chi connectivity index (χ0v) is 13.1. The van der Waals surface area contributed by atoms with Crippen molar-refractivity contribution in [3.8, 4) is 0 Å². The molecule has 2 aromatic rings. The molecule has 0 aliphatic rings. The molecule has 0 saturated carbocycles. The average Bonchev–Trinajstić information content (AvgIpc) is 2.55. The van der Waals surface area contributed by atoms with E-state index in [1.165, 1.54) is 12.1 Å². The van der Waals surface area contributed by atoms with E-state index in [0.717, 1.165) is 17.7 Å². The zero-order valence-electron chi connectivity index (χ0n) is 13.1. The molecule has 2 atom stereocenters. The number of nitrogens with one attached hydrogen (secondary N) is 1. The number of nitrogens with two attached hydrogens (primary N) is 1. The second-order valence-corrected chi connectivity index (χ2v) is 5.75. The second-order valence-electron chi connectivity index (χ2n) is 5.75. The fourth-order valence-corrected chi connectivity index (χ4v) is 2.35. The third-order valence-electron chi connectivity index (χ3n) is 3.77. The largest absolute Gasteiger partial charge is 0.416 e. The number of aliphatic hydroxyl groups excluding tert-OH is 1. The summed E-state index contributed by atoms with van der Waals surface area (Å²) >= 11 is 0. The highest BCUT2D eigenvalue weighted by molar-refractivity contribution is 5.24. The molecule has 130 valence electrons. The first-order chi connectivity index (χ1) is 11.4. The minimum Gasteiger partial charge on any atom is -0.390 e. The highest BCUT2D eigenvalue weighted by atomic mass is 19.4. The Kier molecular flexibility index (Phi) is 6.36. The third kappa shape index (κ3) is 5.63. The molecule has 0 unspecified atom stereocenters. The predicted octanol–water partition coefficient (Wildman–Crippen LogP) is 2.73. The van der Waals surface area contributed by atoms with Gasteiger partial charge in [0.05, 0.1) is 11.7 Å². The van der Waals surface area contributed by atoms with E-state index in [2.05, 4.69) is 5.32 Å². The number of rotatable bonds is 7. The van der Waals surface area contributed by atoms with Crippen molar-refractivity contribution in [2.75, 3.05) is 6.54 Å². The highest BCUT2D eigenvalue weighted by Crippen LogP contribution is 2.29. The smallest absolute Gasteiger partial charge is 0.390 e. The van der Waals surface area contributed by atoms with Crippen molar-refractivity contribution in [1.82, 2.24) is 5.32 Å². The topological polar surface area (TPSA) is 58.3 Å². The Balaban J connectivity index is 1.76. The van der Waals surface area contributed by atoms with Gasteiger partial charge in [-0.1, -0.05) is 42.5 Å². The van der Waals surface area contributed by atoms with Crippen LogP contribution in [0.2, 0.25) is 0 Å². The predicted molar refractivity (Wildman–Crippen MR) is 87.3 cm³/mol. The van der Waals surface area contributed by atoms with E-state index >= 15 is 0 Å². The van der Waals surface area contributed by atoms with Crippen molar-refractivity contribution in [2.45, 2.75) is 31.3 Å². The fraction of sp³-hybridized carbons (Fsp3) is 0.333. The number of aliphatic hydroxyl groups is 1. The van der Waals surface area contributed by atoms with Gasteiger partial charge in [-0.05, 0) is 29.7 Å². The van der Waals surface area contributed by atoms with Gasteiger partial charge in [-0.3, -0.25) is 0 Å². The minimum absolute atomic E-state index is 0.273. The Morgan fingerprint density at radius 2 is 1.58 bits per heavy atom. The van der Waals surface area contributed by atoms with E-state index < -0.39 is 23.9 Å². The molecule has 0 bridgehead atoms. The summed E-state index contributed by atoms with van der Waals surface area (Å²) in [4.78, 5) is 0. The van der Waals surface area contributed by atoms with Crippen LogP contribution in [-0.4, -0.2) is 23.8 Å². The maximum atomic E-state index is 12.5. The van der Waals surface area contributed by atoms with Crippen molar-refractivity contribution >= 4 is 0 Å². The normalized spacial score (nSPS) is 14.4. The van der Waals surface area contributed by atoms with Crippen LogP contribution in [0, 0.1) is 0 Å². The summed E-state index contributed by atoms with van der Waals surface area (Å²) in [5, 5.41) is 13.1. The quantitative estimate of drug-likeness (QED) is 0.728. The first kappa shape index (κ1) is 18.4. The number of hydrogen-bond donors (Lipinski definition) is 3. The summed E-state index contributed by atoms with van der Waals surface area (Å²) in [7, 11) is 0. The Morgan fingerprint density at radius 1 is 0.958 bits per heavy atom. The molecule has 2 rings (SSSR count). The molecule has 24 heavy (non-hydrogen) atoms. The fourth-order valence-electron chi connectivity index (χ4n) is 2.35. The second kappa shape index (κ2) is 8.28. The molecule has 0 saturated heterocycles. The molecule has 0 aromatic heterocycles.